The Kier molecular flexibility index (Phi) is 7.43. The van der Waals surface area contributed by atoms with Gasteiger partial charge in [0.25, 0.3) is 5.56 Å². The Morgan fingerprint density at radius 3 is 2.50 bits per heavy atom. The van der Waals surface area contributed by atoms with Crippen LogP contribution in [-0.4, -0.2) is 53.1 Å². The predicted octanol–water partition coefficient (Wildman–Crippen LogP) is 3.70. The second-order valence-corrected chi connectivity index (χ2v) is 10.5. The van der Waals surface area contributed by atoms with E-state index >= 15 is 4.39 Å². The summed E-state index contributed by atoms with van der Waals surface area (Å²) in [6.07, 6.45) is 3.26. The van der Waals surface area contributed by atoms with Gasteiger partial charge >= 0.3 is 0 Å². The van der Waals surface area contributed by atoms with Gasteiger partial charge in [0.15, 0.2) is 0 Å². The van der Waals surface area contributed by atoms with E-state index in [1.807, 2.05) is 37.9 Å². The van der Waals surface area contributed by atoms with Crippen LogP contribution in [0.3, 0.4) is 0 Å². The molecule has 3 heterocycles. The van der Waals surface area contributed by atoms with Gasteiger partial charge in [-0.05, 0) is 37.1 Å². The molecule has 0 radical (unpaired) electrons. The predicted molar refractivity (Wildman–Crippen MR) is 142 cm³/mol. The molecule has 192 valence electrons. The van der Waals surface area contributed by atoms with E-state index in [0.29, 0.717) is 59.5 Å². The molecule has 10 heteroatoms. The van der Waals surface area contributed by atoms with Crippen LogP contribution in [-0.2, 0) is 22.2 Å². The second-order valence-electron chi connectivity index (χ2n) is 9.52. The first kappa shape index (κ1) is 26.2. The van der Waals surface area contributed by atoms with Crippen molar-refractivity contribution in [3.05, 3.63) is 63.5 Å². The number of hydrogen-bond acceptors (Lipinski definition) is 6. The fraction of sp³-hybridized carbons (Fsp3) is 0.462. The highest BCUT2D eigenvalue weighted by molar-refractivity contribution is 7.17. The quantitative estimate of drug-likeness (QED) is 0.354. The number of rotatable bonds is 7. The highest BCUT2D eigenvalue weighted by atomic mass is 31.0. The standard InChI is InChI=1S/C26H33FN5O3P/c1-16(18-7-6-8-19(17(2)36)22(18)27)30(3)23-20-13-21(25(34)31(4)24(20)29-14-28-23)26(35-5)9-11-32(15-33)12-10-26/h6-8,13-17H,9-12,36H2,1-5H3/t16-,17?/m1/s1. The third kappa shape index (κ3) is 4.39. The van der Waals surface area contributed by atoms with E-state index in [2.05, 4.69) is 19.2 Å². The van der Waals surface area contributed by atoms with E-state index in [1.54, 1.807) is 31.2 Å². The summed E-state index contributed by atoms with van der Waals surface area (Å²) in [6.45, 7) is 4.86. The van der Waals surface area contributed by atoms with Crippen molar-refractivity contribution in [1.29, 1.82) is 0 Å². The molecule has 1 fully saturated rings. The molecule has 1 aromatic carbocycles. The van der Waals surface area contributed by atoms with Crippen LogP contribution in [0.15, 0.2) is 35.4 Å². The summed E-state index contributed by atoms with van der Waals surface area (Å²) in [5, 5.41) is 0.675. The molecule has 1 amide bonds. The van der Waals surface area contributed by atoms with Crippen molar-refractivity contribution in [2.24, 2.45) is 7.05 Å². The Morgan fingerprint density at radius 1 is 1.22 bits per heavy atom. The topological polar surface area (TPSA) is 80.6 Å². The van der Waals surface area contributed by atoms with E-state index in [1.165, 1.54) is 10.9 Å². The first-order valence-electron chi connectivity index (χ1n) is 12.0. The van der Waals surface area contributed by atoms with Crippen LogP contribution < -0.4 is 10.5 Å². The Hall–Kier alpha value is -2.90. The van der Waals surface area contributed by atoms with Crippen molar-refractivity contribution >= 4 is 32.5 Å². The maximum absolute atomic E-state index is 15.4. The number of anilines is 1. The summed E-state index contributed by atoms with van der Waals surface area (Å²) < 4.78 is 22.8. The van der Waals surface area contributed by atoms with Crippen LogP contribution in [0.5, 0.6) is 0 Å². The zero-order valence-corrected chi connectivity index (χ0v) is 22.5. The lowest BCUT2D eigenvalue weighted by molar-refractivity contribution is -0.124. The molecule has 1 aliphatic heterocycles. The van der Waals surface area contributed by atoms with Crippen LogP contribution in [0.25, 0.3) is 11.0 Å². The Labute approximate surface area is 212 Å². The molecule has 2 aromatic heterocycles. The number of likely N-dealkylation sites (tertiary alicyclic amines) is 1. The number of pyridine rings is 1. The van der Waals surface area contributed by atoms with Crippen molar-refractivity contribution in [2.75, 3.05) is 32.1 Å². The van der Waals surface area contributed by atoms with Gasteiger partial charge in [0.05, 0.1) is 17.0 Å². The van der Waals surface area contributed by atoms with E-state index in [9.17, 15) is 9.59 Å². The molecule has 2 unspecified atom stereocenters. The molecule has 0 bridgehead atoms. The van der Waals surface area contributed by atoms with Gasteiger partial charge in [-0.25, -0.2) is 14.4 Å². The molecular formula is C26H33FN5O3P. The highest BCUT2D eigenvalue weighted by Gasteiger charge is 2.39. The molecule has 3 atom stereocenters. The molecule has 0 saturated carbocycles. The van der Waals surface area contributed by atoms with E-state index in [4.69, 9.17) is 4.74 Å². The maximum Gasteiger partial charge on any atom is 0.258 e. The van der Waals surface area contributed by atoms with Crippen molar-refractivity contribution in [2.45, 2.75) is 44.0 Å². The number of amides is 1. The molecule has 3 aromatic rings. The molecule has 8 nitrogen and oxygen atoms in total. The molecule has 1 saturated heterocycles. The third-order valence-electron chi connectivity index (χ3n) is 7.53. The minimum absolute atomic E-state index is 0.0183. The Balaban J connectivity index is 1.84. The number of aryl methyl sites for hydroxylation is 1. The summed E-state index contributed by atoms with van der Waals surface area (Å²) in [4.78, 5) is 37.2. The number of carbonyl (C=O) groups is 1. The van der Waals surface area contributed by atoms with Gasteiger partial charge in [0.2, 0.25) is 6.41 Å². The van der Waals surface area contributed by atoms with Crippen LogP contribution in [0.2, 0.25) is 0 Å². The minimum atomic E-state index is -0.824. The molecule has 36 heavy (non-hydrogen) atoms. The largest absolute Gasteiger partial charge is 0.373 e. The van der Waals surface area contributed by atoms with Gasteiger partial charge in [-0.3, -0.25) is 14.2 Å². The first-order chi connectivity index (χ1) is 17.1. The van der Waals surface area contributed by atoms with Crippen LogP contribution in [0.1, 0.15) is 55.1 Å². The van der Waals surface area contributed by atoms with Crippen molar-refractivity contribution in [3.8, 4) is 0 Å². The van der Waals surface area contributed by atoms with Gasteiger partial charge in [0, 0.05) is 39.9 Å². The molecule has 0 aliphatic carbocycles. The van der Waals surface area contributed by atoms with Crippen molar-refractivity contribution < 1.29 is 13.9 Å². The fourth-order valence-corrected chi connectivity index (χ4v) is 5.33. The summed E-state index contributed by atoms with van der Waals surface area (Å²) in [7, 11) is 7.78. The summed E-state index contributed by atoms with van der Waals surface area (Å²) in [5.74, 6) is 0.357. The number of piperidine rings is 1. The Morgan fingerprint density at radius 2 is 1.89 bits per heavy atom. The van der Waals surface area contributed by atoms with Crippen LogP contribution in [0, 0.1) is 5.82 Å². The smallest absolute Gasteiger partial charge is 0.258 e. The number of methoxy groups -OCH3 is 1. The molecular weight excluding hydrogens is 480 g/mol. The number of halogens is 1. The zero-order valence-electron chi connectivity index (χ0n) is 21.4. The average molecular weight is 514 g/mol. The van der Waals surface area contributed by atoms with Gasteiger partial charge in [-0.1, -0.05) is 25.1 Å². The number of aromatic nitrogens is 3. The molecule has 1 aliphatic rings. The lowest BCUT2D eigenvalue weighted by atomic mass is 9.84. The SMILES string of the molecule is COC1(c2cc3c(N(C)[C@H](C)c4cccc(C(C)P)c4F)ncnc3n(C)c2=O)CCN(C=O)CC1. The monoisotopic (exact) mass is 513 g/mol. The Bertz CT molecular complexity index is 1340. The number of fused-ring (bicyclic) bond motifs is 1. The maximum atomic E-state index is 15.4. The fourth-order valence-electron chi connectivity index (χ4n) is 5.07. The highest BCUT2D eigenvalue weighted by Crippen LogP contribution is 2.38. The second kappa shape index (κ2) is 10.2. The van der Waals surface area contributed by atoms with Crippen molar-refractivity contribution in [1.82, 2.24) is 19.4 Å². The van der Waals surface area contributed by atoms with E-state index < -0.39 is 5.60 Å². The third-order valence-corrected chi connectivity index (χ3v) is 7.89. The average Bonchev–Trinajstić information content (AvgIpc) is 2.89. The van der Waals surface area contributed by atoms with Gasteiger partial charge in [0.1, 0.15) is 29.2 Å². The van der Waals surface area contributed by atoms with Gasteiger partial charge < -0.3 is 14.5 Å². The van der Waals surface area contributed by atoms with Gasteiger partial charge in [-0.15, -0.1) is 9.24 Å². The lowest BCUT2D eigenvalue weighted by Gasteiger charge is -2.39. The summed E-state index contributed by atoms with van der Waals surface area (Å²) >= 11 is 0. The van der Waals surface area contributed by atoms with E-state index in [-0.39, 0.29) is 23.1 Å². The van der Waals surface area contributed by atoms with Crippen LogP contribution in [0.4, 0.5) is 10.2 Å². The normalized spacial score (nSPS) is 17.1. The van der Waals surface area contributed by atoms with Crippen LogP contribution >= 0.6 is 9.24 Å². The zero-order chi connectivity index (χ0) is 26.2. The first-order valence-corrected chi connectivity index (χ1v) is 12.7. The lowest BCUT2D eigenvalue weighted by Crippen LogP contribution is -2.46. The minimum Gasteiger partial charge on any atom is -0.373 e. The molecule has 0 N–H and O–H groups in total. The van der Waals surface area contributed by atoms with Crippen molar-refractivity contribution in [3.63, 3.8) is 0 Å². The number of nitrogens with zero attached hydrogens (tertiary/aromatic N) is 5. The molecule has 4 rings (SSSR count). The van der Waals surface area contributed by atoms with E-state index in [0.717, 1.165) is 6.41 Å². The van der Waals surface area contributed by atoms with Gasteiger partial charge in [-0.2, -0.15) is 0 Å². The summed E-state index contributed by atoms with van der Waals surface area (Å²) in [6, 6.07) is 6.93. The number of benzene rings is 1. The molecule has 0 spiro atoms. The number of carbonyl (C=O) groups excluding carboxylic acids is 1. The number of hydrogen-bond donors (Lipinski definition) is 0. The summed E-state index contributed by atoms with van der Waals surface area (Å²) in [5.41, 5.74) is 1.15. The number of ether oxygens (including phenoxy) is 1.